The van der Waals surface area contributed by atoms with E-state index in [4.69, 9.17) is 4.74 Å². The fourth-order valence-corrected chi connectivity index (χ4v) is 8.06. The lowest BCUT2D eigenvalue weighted by Crippen LogP contribution is -2.54. The number of phenols is 1. The van der Waals surface area contributed by atoms with E-state index in [9.17, 15) is 19.5 Å². The van der Waals surface area contributed by atoms with Crippen LogP contribution in [0.5, 0.6) is 11.5 Å². The Balaban J connectivity index is 1.34. The van der Waals surface area contributed by atoms with Gasteiger partial charge in [0.1, 0.15) is 0 Å². The summed E-state index contributed by atoms with van der Waals surface area (Å²) in [4.78, 5) is 57.9. The van der Waals surface area contributed by atoms with Crippen molar-refractivity contribution in [1.29, 1.82) is 0 Å². The highest BCUT2D eigenvalue weighted by Crippen LogP contribution is 2.58. The number of ether oxygens (including phenoxy) is 1. The van der Waals surface area contributed by atoms with Crippen LogP contribution in [0.15, 0.2) is 130 Å². The van der Waals surface area contributed by atoms with E-state index in [2.05, 4.69) is 5.43 Å². The molecule has 0 bridgehead atoms. The zero-order valence-corrected chi connectivity index (χ0v) is 28.0. The van der Waals surface area contributed by atoms with Gasteiger partial charge in [-0.2, -0.15) is 5.01 Å². The fourth-order valence-electron chi connectivity index (χ4n) is 8.06. The summed E-state index contributed by atoms with van der Waals surface area (Å²) in [6.45, 7) is 2.05. The Morgan fingerprint density at radius 2 is 1.59 bits per heavy atom. The van der Waals surface area contributed by atoms with E-state index in [1.807, 2.05) is 85.8 Å². The summed E-state index contributed by atoms with van der Waals surface area (Å²) >= 11 is 0. The number of nitrogens with zero attached hydrogens (tertiary/aromatic N) is 4. The van der Waals surface area contributed by atoms with Crippen LogP contribution in [0.25, 0.3) is 11.8 Å². The van der Waals surface area contributed by atoms with E-state index >= 15 is 4.79 Å². The number of benzene rings is 4. The average Bonchev–Trinajstić information content (AvgIpc) is 3.54. The molecule has 51 heavy (non-hydrogen) atoms. The van der Waals surface area contributed by atoms with Gasteiger partial charge in [-0.15, -0.1) is 0 Å². The highest BCUT2D eigenvalue weighted by molar-refractivity contribution is 6.12. The lowest BCUT2D eigenvalue weighted by atomic mass is 9.54. The third-order valence-electron chi connectivity index (χ3n) is 10.4. The van der Waals surface area contributed by atoms with Crippen LogP contribution in [0.3, 0.4) is 0 Å². The summed E-state index contributed by atoms with van der Waals surface area (Å²) in [6.07, 6.45) is 5.76. The van der Waals surface area contributed by atoms with Gasteiger partial charge in [0.05, 0.1) is 42.4 Å². The molecule has 4 unspecified atom stereocenters. The SMILES string of the molecule is COc1cc(C=CC2C3=CCn4c(=O)n(-c5ccccc5)c(=O)n4C3CC3C(=O)N(Nc4ccc(C)cc4)C(=O)C23c2ccccc2)ccc1O. The number of aromatic nitrogens is 3. The molecule has 4 atom stereocenters. The topological polar surface area (TPSA) is 128 Å². The molecule has 2 fully saturated rings. The Hall–Kier alpha value is -6.36. The van der Waals surface area contributed by atoms with Gasteiger partial charge in [-0.1, -0.05) is 90.5 Å². The molecule has 1 saturated carbocycles. The minimum Gasteiger partial charge on any atom is -0.504 e. The van der Waals surface area contributed by atoms with Crippen LogP contribution in [0, 0.1) is 18.8 Å². The number of carbonyl (C=O) groups is 2. The summed E-state index contributed by atoms with van der Waals surface area (Å²) < 4.78 is 9.37. The van der Waals surface area contributed by atoms with Crippen molar-refractivity contribution in [1.82, 2.24) is 18.9 Å². The number of amides is 2. The molecule has 0 spiro atoms. The molecule has 11 heteroatoms. The van der Waals surface area contributed by atoms with Gasteiger partial charge in [-0.3, -0.25) is 15.0 Å². The predicted molar refractivity (Wildman–Crippen MR) is 191 cm³/mol. The number of rotatable bonds is 7. The predicted octanol–water partition coefficient (Wildman–Crippen LogP) is 4.99. The number of phenolic OH excluding ortho intramolecular Hbond substituents is 1. The molecule has 3 aliphatic rings. The van der Waals surface area contributed by atoms with E-state index < -0.39 is 46.5 Å². The second-order valence-electron chi connectivity index (χ2n) is 13.1. The van der Waals surface area contributed by atoms with Crippen LogP contribution in [0.4, 0.5) is 5.69 Å². The first-order valence-electron chi connectivity index (χ1n) is 16.8. The zero-order chi connectivity index (χ0) is 35.4. The number of anilines is 1. The lowest BCUT2D eigenvalue weighted by Gasteiger charge is -2.47. The van der Waals surface area contributed by atoms with Crippen molar-refractivity contribution in [2.75, 3.05) is 12.5 Å². The Morgan fingerprint density at radius 3 is 2.29 bits per heavy atom. The average molecular weight is 682 g/mol. The smallest absolute Gasteiger partial charge is 0.352 e. The van der Waals surface area contributed by atoms with Gasteiger partial charge in [0.2, 0.25) is 0 Å². The van der Waals surface area contributed by atoms with Crippen molar-refractivity contribution in [3.8, 4) is 17.2 Å². The number of hydrogen-bond donors (Lipinski definition) is 2. The van der Waals surface area contributed by atoms with E-state index in [0.29, 0.717) is 22.5 Å². The van der Waals surface area contributed by atoms with Crippen molar-refractivity contribution in [2.24, 2.45) is 11.8 Å². The number of aryl methyl sites for hydroxylation is 1. The third-order valence-corrected chi connectivity index (χ3v) is 10.4. The molecule has 4 aromatic carbocycles. The molecule has 1 aliphatic carbocycles. The minimum atomic E-state index is -1.40. The Morgan fingerprint density at radius 1 is 0.882 bits per heavy atom. The number of para-hydroxylation sites is 1. The van der Waals surface area contributed by atoms with Crippen LogP contribution in [0.2, 0.25) is 0 Å². The van der Waals surface area contributed by atoms with Crippen LogP contribution < -0.4 is 21.5 Å². The molecule has 2 aliphatic heterocycles. The number of aromatic hydroxyl groups is 1. The van der Waals surface area contributed by atoms with Crippen molar-refractivity contribution >= 4 is 23.6 Å². The van der Waals surface area contributed by atoms with Gasteiger partial charge in [0.15, 0.2) is 11.5 Å². The maximum atomic E-state index is 15.1. The quantitative estimate of drug-likeness (QED) is 0.183. The number of hydrogen-bond acceptors (Lipinski definition) is 7. The maximum absolute atomic E-state index is 15.1. The summed E-state index contributed by atoms with van der Waals surface area (Å²) in [6, 6.07) is 29.7. The lowest BCUT2D eigenvalue weighted by molar-refractivity contribution is -0.138. The van der Waals surface area contributed by atoms with Gasteiger partial charge in [0, 0.05) is 5.92 Å². The Labute approximate surface area is 292 Å². The second kappa shape index (κ2) is 12.2. The highest BCUT2D eigenvalue weighted by Gasteiger charge is 2.68. The number of imide groups is 1. The van der Waals surface area contributed by atoms with Gasteiger partial charge >= 0.3 is 11.4 Å². The van der Waals surface area contributed by atoms with Crippen molar-refractivity contribution < 1.29 is 19.4 Å². The highest BCUT2D eigenvalue weighted by atomic mass is 16.5. The molecule has 5 aromatic rings. The normalized spacial score (nSPS) is 22.4. The number of fused-ring (bicyclic) bond motifs is 4. The molecule has 8 rings (SSSR count). The largest absolute Gasteiger partial charge is 0.504 e. The first-order chi connectivity index (χ1) is 24.7. The number of hydrazine groups is 1. The van der Waals surface area contributed by atoms with Crippen molar-refractivity contribution in [2.45, 2.75) is 31.3 Å². The molecular formula is C40H35N5O6. The van der Waals surface area contributed by atoms with Gasteiger partial charge in [-0.25, -0.2) is 23.5 Å². The fraction of sp³-hybridized carbons (Fsp3) is 0.200. The monoisotopic (exact) mass is 681 g/mol. The summed E-state index contributed by atoms with van der Waals surface area (Å²) in [5.41, 5.74) is 4.85. The van der Waals surface area contributed by atoms with E-state index in [1.54, 1.807) is 36.4 Å². The Bertz CT molecular complexity index is 2360. The molecule has 1 aromatic heterocycles. The summed E-state index contributed by atoms with van der Waals surface area (Å²) in [5, 5.41) is 11.4. The third kappa shape index (κ3) is 4.87. The van der Waals surface area contributed by atoms with Gasteiger partial charge in [0.25, 0.3) is 11.8 Å². The maximum Gasteiger partial charge on any atom is 0.352 e. The van der Waals surface area contributed by atoms with Gasteiger partial charge in [-0.05, 0) is 66.4 Å². The van der Waals surface area contributed by atoms with E-state index in [0.717, 1.165) is 20.7 Å². The van der Waals surface area contributed by atoms with Crippen LogP contribution in [-0.4, -0.2) is 43.0 Å². The zero-order valence-electron chi connectivity index (χ0n) is 28.0. The second-order valence-corrected chi connectivity index (χ2v) is 13.1. The van der Waals surface area contributed by atoms with Gasteiger partial charge < -0.3 is 9.84 Å². The summed E-state index contributed by atoms with van der Waals surface area (Å²) in [7, 11) is 1.47. The standard InChI is InChI=1S/C40H35N5O6/c1-25-13-17-28(18-14-25)41-44-36(47)32-24-33-30(21-22-42-38(49)43(39(50)45(33)42)29-11-7-4-8-12-29)31(19-15-26-16-20-34(46)35(23-26)51-2)40(32,37(44)48)27-9-5-3-6-10-27/h3-21,23,31-33,41,46H,22,24H2,1-2H3. The molecule has 256 valence electrons. The number of nitrogens with one attached hydrogen (secondary N) is 1. The van der Waals surface area contributed by atoms with E-state index in [-0.39, 0.29) is 24.5 Å². The van der Waals surface area contributed by atoms with E-state index in [1.165, 1.54) is 22.5 Å². The van der Waals surface area contributed by atoms with Crippen LogP contribution in [-0.2, 0) is 21.5 Å². The molecule has 0 radical (unpaired) electrons. The molecule has 1 saturated heterocycles. The number of carbonyl (C=O) groups excluding carboxylic acids is 2. The molecular weight excluding hydrogens is 646 g/mol. The van der Waals surface area contributed by atoms with Crippen LogP contribution >= 0.6 is 0 Å². The molecule has 2 amide bonds. The first-order valence-corrected chi connectivity index (χ1v) is 16.8. The molecule has 3 heterocycles. The summed E-state index contributed by atoms with van der Waals surface area (Å²) in [5.74, 6) is -2.21. The molecule has 2 N–H and O–H groups in total. The first kappa shape index (κ1) is 31.9. The van der Waals surface area contributed by atoms with Crippen LogP contribution in [0.1, 0.15) is 29.2 Å². The van der Waals surface area contributed by atoms with Crippen molar-refractivity contribution in [3.05, 3.63) is 159 Å². The Kier molecular flexibility index (Phi) is 7.63. The number of allylic oxidation sites excluding steroid dienone is 3. The molecule has 11 nitrogen and oxygen atoms in total. The number of methoxy groups -OCH3 is 1. The minimum absolute atomic E-state index is 0.0159. The van der Waals surface area contributed by atoms with Crippen molar-refractivity contribution in [3.63, 3.8) is 0 Å².